The van der Waals surface area contributed by atoms with Gasteiger partial charge in [0.05, 0.1) is 0 Å². The van der Waals surface area contributed by atoms with Gasteiger partial charge in [-0.2, -0.15) is 0 Å². The molecule has 0 saturated carbocycles. The van der Waals surface area contributed by atoms with E-state index in [0.717, 1.165) is 0 Å². The molecule has 5 nitrogen and oxygen atoms in total. The highest BCUT2D eigenvalue weighted by molar-refractivity contribution is 6.04. The lowest BCUT2D eigenvalue weighted by Gasteiger charge is -2.19. The Bertz CT molecular complexity index is 508. The Morgan fingerprint density at radius 1 is 1.47 bits per heavy atom. The highest BCUT2D eigenvalue weighted by atomic mass is 16.5. The Labute approximate surface area is 98.3 Å². The molecule has 0 aliphatic carbocycles. The summed E-state index contributed by atoms with van der Waals surface area (Å²) in [4.78, 5) is 13.6. The summed E-state index contributed by atoms with van der Waals surface area (Å²) < 4.78 is 4.64. The predicted molar refractivity (Wildman–Crippen MR) is 62.0 cm³/mol. The third-order valence-electron chi connectivity index (χ3n) is 2.36. The van der Waals surface area contributed by atoms with Crippen LogP contribution in [0.3, 0.4) is 0 Å². The summed E-state index contributed by atoms with van der Waals surface area (Å²) in [6, 6.07) is 8.03. The van der Waals surface area contributed by atoms with Crippen LogP contribution in [-0.4, -0.2) is 22.7 Å². The van der Waals surface area contributed by atoms with E-state index in [9.17, 15) is 9.90 Å². The molecule has 0 spiro atoms. The van der Waals surface area contributed by atoms with Crippen molar-refractivity contribution in [2.75, 3.05) is 11.4 Å². The molecule has 1 amide bonds. The Kier molecular flexibility index (Phi) is 3.09. The van der Waals surface area contributed by atoms with Crippen molar-refractivity contribution < 1.29 is 14.4 Å². The van der Waals surface area contributed by atoms with Gasteiger partial charge >= 0.3 is 0 Å². The van der Waals surface area contributed by atoms with Crippen molar-refractivity contribution in [3.05, 3.63) is 42.3 Å². The Balaban J connectivity index is 2.31. The normalized spacial score (nSPS) is 10.2. The molecule has 0 bridgehead atoms. The van der Waals surface area contributed by atoms with Gasteiger partial charge in [0.15, 0.2) is 5.69 Å². The largest absolute Gasteiger partial charge is 0.508 e. The third kappa shape index (κ3) is 2.28. The highest BCUT2D eigenvalue weighted by Crippen LogP contribution is 2.21. The smallest absolute Gasteiger partial charge is 0.280 e. The Morgan fingerprint density at radius 2 is 2.29 bits per heavy atom. The summed E-state index contributed by atoms with van der Waals surface area (Å²) in [5.74, 6) is -0.138. The zero-order chi connectivity index (χ0) is 12.3. The maximum absolute atomic E-state index is 12.1. The molecular formula is C12H12N2O3. The molecule has 0 aliphatic heterocycles. The minimum absolute atomic E-state index is 0.119. The van der Waals surface area contributed by atoms with E-state index in [1.165, 1.54) is 23.3 Å². The van der Waals surface area contributed by atoms with E-state index >= 15 is 0 Å². The summed E-state index contributed by atoms with van der Waals surface area (Å²) in [5, 5.41) is 13.0. The number of benzene rings is 1. The molecule has 2 rings (SSSR count). The minimum atomic E-state index is -0.258. The molecule has 1 N–H and O–H groups in total. The number of carbonyl (C=O) groups is 1. The highest BCUT2D eigenvalue weighted by Gasteiger charge is 2.18. The van der Waals surface area contributed by atoms with Crippen LogP contribution in [0, 0.1) is 0 Å². The number of aromatic hydroxyl groups is 1. The van der Waals surface area contributed by atoms with E-state index in [2.05, 4.69) is 9.68 Å². The van der Waals surface area contributed by atoms with Gasteiger partial charge in [0, 0.05) is 24.4 Å². The average molecular weight is 232 g/mol. The van der Waals surface area contributed by atoms with Gasteiger partial charge in [-0.15, -0.1) is 0 Å². The van der Waals surface area contributed by atoms with Crippen molar-refractivity contribution in [1.82, 2.24) is 5.16 Å². The fourth-order valence-electron chi connectivity index (χ4n) is 1.57. The monoisotopic (exact) mass is 232 g/mol. The summed E-state index contributed by atoms with van der Waals surface area (Å²) in [5.41, 5.74) is 0.871. The first kappa shape index (κ1) is 11.2. The van der Waals surface area contributed by atoms with Crippen LogP contribution in [0.4, 0.5) is 5.69 Å². The van der Waals surface area contributed by atoms with Crippen LogP contribution in [-0.2, 0) is 0 Å². The molecule has 0 aliphatic rings. The average Bonchev–Trinajstić information content (AvgIpc) is 2.83. The van der Waals surface area contributed by atoms with E-state index in [1.807, 2.05) is 6.92 Å². The summed E-state index contributed by atoms with van der Waals surface area (Å²) in [7, 11) is 0. The Hall–Kier alpha value is -2.30. The van der Waals surface area contributed by atoms with Gasteiger partial charge in [0.2, 0.25) is 0 Å². The third-order valence-corrected chi connectivity index (χ3v) is 2.36. The molecule has 88 valence electrons. The number of amides is 1. The van der Waals surface area contributed by atoms with Crippen LogP contribution in [0.25, 0.3) is 0 Å². The van der Waals surface area contributed by atoms with Crippen molar-refractivity contribution in [2.24, 2.45) is 0 Å². The first-order chi connectivity index (χ1) is 8.22. The van der Waals surface area contributed by atoms with Crippen molar-refractivity contribution in [1.29, 1.82) is 0 Å². The van der Waals surface area contributed by atoms with E-state index < -0.39 is 0 Å². The fourth-order valence-corrected chi connectivity index (χ4v) is 1.57. The van der Waals surface area contributed by atoms with Crippen molar-refractivity contribution >= 4 is 11.6 Å². The lowest BCUT2D eigenvalue weighted by atomic mass is 10.2. The van der Waals surface area contributed by atoms with Crippen LogP contribution in [0.15, 0.2) is 41.1 Å². The van der Waals surface area contributed by atoms with Crippen molar-refractivity contribution in [3.63, 3.8) is 0 Å². The molecule has 0 saturated heterocycles. The molecule has 1 aromatic carbocycles. The van der Waals surface area contributed by atoms with Gasteiger partial charge in [0.25, 0.3) is 5.91 Å². The molecule has 0 atom stereocenters. The second-order valence-corrected chi connectivity index (χ2v) is 3.45. The van der Waals surface area contributed by atoms with Gasteiger partial charge in [-0.25, -0.2) is 0 Å². The molecule has 1 aromatic heterocycles. The first-order valence-electron chi connectivity index (χ1n) is 5.23. The molecule has 0 unspecified atom stereocenters. The van der Waals surface area contributed by atoms with Crippen LogP contribution < -0.4 is 4.90 Å². The predicted octanol–water partition coefficient (Wildman–Crippen LogP) is 2.05. The second kappa shape index (κ2) is 4.69. The number of phenols is 1. The quantitative estimate of drug-likeness (QED) is 0.879. The lowest BCUT2D eigenvalue weighted by molar-refractivity contribution is 0.0979. The maximum atomic E-state index is 12.1. The van der Waals surface area contributed by atoms with E-state index in [-0.39, 0.29) is 17.4 Å². The van der Waals surface area contributed by atoms with Crippen molar-refractivity contribution in [2.45, 2.75) is 6.92 Å². The van der Waals surface area contributed by atoms with Crippen LogP contribution in [0.5, 0.6) is 5.75 Å². The molecule has 5 heteroatoms. The summed E-state index contributed by atoms with van der Waals surface area (Å²) >= 11 is 0. The van der Waals surface area contributed by atoms with E-state index in [0.29, 0.717) is 12.2 Å². The molecule has 17 heavy (non-hydrogen) atoms. The zero-order valence-electron chi connectivity index (χ0n) is 9.33. The van der Waals surface area contributed by atoms with Gasteiger partial charge in [0.1, 0.15) is 12.0 Å². The fraction of sp³-hybridized carbons (Fsp3) is 0.167. The number of aromatic nitrogens is 1. The van der Waals surface area contributed by atoms with Crippen molar-refractivity contribution in [3.8, 4) is 5.75 Å². The van der Waals surface area contributed by atoms with Crippen LogP contribution in [0.2, 0.25) is 0 Å². The molecule has 1 heterocycles. The Morgan fingerprint density at radius 3 is 2.88 bits per heavy atom. The number of nitrogens with zero attached hydrogens (tertiary/aromatic N) is 2. The topological polar surface area (TPSA) is 66.6 Å². The van der Waals surface area contributed by atoms with Crippen LogP contribution in [0.1, 0.15) is 17.4 Å². The minimum Gasteiger partial charge on any atom is -0.508 e. The van der Waals surface area contributed by atoms with E-state index in [4.69, 9.17) is 0 Å². The van der Waals surface area contributed by atoms with Gasteiger partial charge in [-0.05, 0) is 19.1 Å². The summed E-state index contributed by atoms with van der Waals surface area (Å²) in [6.45, 7) is 2.33. The zero-order valence-corrected chi connectivity index (χ0v) is 9.33. The molecular weight excluding hydrogens is 220 g/mol. The van der Waals surface area contributed by atoms with Gasteiger partial charge in [-0.1, -0.05) is 11.2 Å². The van der Waals surface area contributed by atoms with E-state index in [1.54, 1.807) is 18.2 Å². The molecule has 2 aromatic rings. The molecule has 0 radical (unpaired) electrons. The molecule has 0 fully saturated rings. The second-order valence-electron chi connectivity index (χ2n) is 3.45. The van der Waals surface area contributed by atoms with Crippen LogP contribution >= 0.6 is 0 Å². The number of rotatable bonds is 3. The number of hydrogen-bond acceptors (Lipinski definition) is 4. The maximum Gasteiger partial charge on any atom is 0.280 e. The van der Waals surface area contributed by atoms with Gasteiger partial charge < -0.3 is 14.5 Å². The number of anilines is 1. The number of phenolic OH excluding ortho intramolecular Hbond substituents is 1. The van der Waals surface area contributed by atoms with Gasteiger partial charge in [-0.3, -0.25) is 4.79 Å². The lowest BCUT2D eigenvalue weighted by Crippen LogP contribution is -2.30. The summed E-state index contributed by atoms with van der Waals surface area (Å²) in [6.07, 6.45) is 1.35. The first-order valence-corrected chi connectivity index (χ1v) is 5.23. The number of carbonyl (C=O) groups excluding carboxylic acids is 1. The SMILES string of the molecule is CCN(C(=O)c1ccon1)c1cccc(O)c1. The number of hydrogen-bond donors (Lipinski definition) is 1. The standard InChI is InChI=1S/C12H12N2O3/c1-2-14(9-4-3-5-10(15)8-9)12(16)11-6-7-17-13-11/h3-8,15H,2H2,1H3.